The molecule has 10 nitrogen and oxygen atoms in total. The molecule has 2 aromatic rings. The molecule has 11 heteroatoms. The largest absolute Gasteiger partial charge is 0.497 e. The van der Waals surface area contributed by atoms with Crippen LogP contribution < -0.4 is 19.5 Å². The second-order valence-electron chi connectivity index (χ2n) is 8.95. The Kier molecular flexibility index (Phi) is 8.23. The van der Waals surface area contributed by atoms with Crippen LogP contribution in [0.3, 0.4) is 0 Å². The van der Waals surface area contributed by atoms with E-state index in [4.69, 9.17) is 14.2 Å². The number of ether oxygens (including phenoxy) is 3. The first-order chi connectivity index (χ1) is 17.8. The average molecular weight is 532 g/mol. The van der Waals surface area contributed by atoms with Crippen LogP contribution in [0.4, 0.5) is 0 Å². The van der Waals surface area contributed by atoms with Gasteiger partial charge in [-0.25, -0.2) is 8.42 Å². The molecule has 1 saturated heterocycles. The maximum Gasteiger partial charge on any atom is 0.252 e. The first kappa shape index (κ1) is 26.7. The van der Waals surface area contributed by atoms with Crippen LogP contribution in [0.1, 0.15) is 37.0 Å². The lowest BCUT2D eigenvalue weighted by molar-refractivity contribution is -0.134. The topological polar surface area (TPSA) is 114 Å². The van der Waals surface area contributed by atoms with E-state index in [1.54, 1.807) is 35.2 Å². The third-order valence-electron chi connectivity index (χ3n) is 6.93. The van der Waals surface area contributed by atoms with E-state index in [1.165, 1.54) is 23.5 Å². The molecule has 0 aliphatic carbocycles. The summed E-state index contributed by atoms with van der Waals surface area (Å²) in [5.41, 5.74) is 0.362. The Morgan fingerprint density at radius 1 is 1.05 bits per heavy atom. The van der Waals surface area contributed by atoms with Crippen molar-refractivity contribution in [1.29, 1.82) is 0 Å². The summed E-state index contributed by atoms with van der Waals surface area (Å²) < 4.78 is 43.6. The van der Waals surface area contributed by atoms with E-state index in [0.29, 0.717) is 48.7 Å². The number of likely N-dealkylation sites (N-methyl/N-ethyl adjacent to an activating group) is 1. The van der Waals surface area contributed by atoms with E-state index >= 15 is 0 Å². The van der Waals surface area contributed by atoms with Crippen LogP contribution in [0.15, 0.2) is 47.4 Å². The molecule has 1 atom stereocenters. The molecular weight excluding hydrogens is 498 g/mol. The molecule has 1 fully saturated rings. The highest BCUT2D eigenvalue weighted by Crippen LogP contribution is 2.33. The number of hydrogen-bond acceptors (Lipinski definition) is 7. The summed E-state index contributed by atoms with van der Waals surface area (Å²) in [5.74, 6) is 0.851. The van der Waals surface area contributed by atoms with Gasteiger partial charge in [0.25, 0.3) is 5.91 Å². The fourth-order valence-electron chi connectivity index (χ4n) is 4.72. The Morgan fingerprint density at radius 2 is 1.70 bits per heavy atom. The monoisotopic (exact) mass is 531 g/mol. The second-order valence-corrected chi connectivity index (χ2v) is 10.9. The Morgan fingerprint density at radius 3 is 2.32 bits per heavy atom. The minimum absolute atomic E-state index is 0.0987. The van der Waals surface area contributed by atoms with Crippen LogP contribution >= 0.6 is 0 Å². The zero-order valence-electron chi connectivity index (χ0n) is 21.3. The molecular formula is C26H33N3O7S. The first-order valence-corrected chi connectivity index (χ1v) is 13.9. The molecule has 37 heavy (non-hydrogen) atoms. The fourth-order valence-corrected chi connectivity index (χ4v) is 6.19. The number of piperidine rings is 1. The van der Waals surface area contributed by atoms with Gasteiger partial charge in [0.1, 0.15) is 11.8 Å². The summed E-state index contributed by atoms with van der Waals surface area (Å²) in [6, 6.07) is 10.4. The minimum atomic E-state index is -3.68. The van der Waals surface area contributed by atoms with Gasteiger partial charge in [-0.3, -0.25) is 9.59 Å². The third-order valence-corrected chi connectivity index (χ3v) is 8.84. The summed E-state index contributed by atoms with van der Waals surface area (Å²) in [4.78, 5) is 28.5. The highest BCUT2D eigenvalue weighted by atomic mass is 32.2. The standard InChI is InChI=1S/C26H33N3O7S/c1-4-28(5-2)26(31)24(27-25(30)19-6-11-22-23(16-19)36-17-35-22)18-12-14-29(15-13-18)37(32,33)21-9-7-20(34-3)8-10-21/h6-11,16,18,24H,4-5,12-15,17H2,1-3H3,(H,27,30)/t24-/m1/s1. The van der Waals surface area contributed by atoms with Crippen molar-refractivity contribution in [3.8, 4) is 17.2 Å². The van der Waals surface area contributed by atoms with Gasteiger partial charge in [-0.15, -0.1) is 0 Å². The van der Waals surface area contributed by atoms with E-state index in [9.17, 15) is 18.0 Å². The SMILES string of the molecule is CCN(CC)C(=O)[C@H](NC(=O)c1ccc2c(c1)OCO2)C1CCN(S(=O)(=O)c2ccc(OC)cc2)CC1. The maximum absolute atomic E-state index is 13.4. The zero-order chi connectivity index (χ0) is 26.6. The van der Waals surface area contributed by atoms with Crippen LogP contribution in [0.25, 0.3) is 0 Å². The molecule has 2 aliphatic rings. The molecule has 2 heterocycles. The highest BCUT2D eigenvalue weighted by Gasteiger charge is 2.37. The Labute approximate surface area is 217 Å². The number of hydrogen-bond donors (Lipinski definition) is 1. The number of methoxy groups -OCH3 is 1. The van der Waals surface area contributed by atoms with E-state index in [2.05, 4.69) is 5.32 Å². The number of fused-ring (bicyclic) bond motifs is 1. The van der Waals surface area contributed by atoms with Gasteiger partial charge in [0, 0.05) is 31.7 Å². The van der Waals surface area contributed by atoms with Gasteiger partial charge in [0.15, 0.2) is 11.5 Å². The number of carbonyl (C=O) groups excluding carboxylic acids is 2. The number of carbonyl (C=O) groups is 2. The molecule has 2 aromatic carbocycles. The minimum Gasteiger partial charge on any atom is -0.497 e. The van der Waals surface area contributed by atoms with Crippen LogP contribution in [-0.4, -0.2) is 75.6 Å². The van der Waals surface area contributed by atoms with Crippen molar-refractivity contribution in [1.82, 2.24) is 14.5 Å². The molecule has 2 aliphatic heterocycles. The molecule has 0 bridgehead atoms. The zero-order valence-corrected chi connectivity index (χ0v) is 22.1. The quantitative estimate of drug-likeness (QED) is 0.529. The molecule has 1 N–H and O–H groups in total. The van der Waals surface area contributed by atoms with E-state index in [0.717, 1.165) is 0 Å². The summed E-state index contributed by atoms with van der Waals surface area (Å²) in [6.07, 6.45) is 0.878. The lowest BCUT2D eigenvalue weighted by atomic mass is 9.89. The fraction of sp³-hybridized carbons (Fsp3) is 0.462. The lowest BCUT2D eigenvalue weighted by Crippen LogP contribution is -2.54. The summed E-state index contributed by atoms with van der Waals surface area (Å²) in [6.45, 7) is 5.40. The number of benzene rings is 2. The molecule has 4 rings (SSSR count). The summed E-state index contributed by atoms with van der Waals surface area (Å²) >= 11 is 0. The van der Waals surface area contributed by atoms with Crippen molar-refractivity contribution in [2.75, 3.05) is 40.1 Å². The molecule has 2 amide bonds. The van der Waals surface area contributed by atoms with Crippen molar-refractivity contribution in [3.05, 3.63) is 48.0 Å². The lowest BCUT2D eigenvalue weighted by Gasteiger charge is -2.37. The molecule has 0 spiro atoms. The molecule has 200 valence electrons. The number of amides is 2. The average Bonchev–Trinajstić information content (AvgIpc) is 3.40. The smallest absolute Gasteiger partial charge is 0.252 e. The molecule has 0 aromatic heterocycles. The van der Waals surface area contributed by atoms with Gasteiger partial charge in [-0.05, 0) is 75.1 Å². The summed E-state index contributed by atoms with van der Waals surface area (Å²) in [5, 5.41) is 2.93. The van der Waals surface area contributed by atoms with Crippen molar-refractivity contribution < 1.29 is 32.2 Å². The van der Waals surface area contributed by atoms with Crippen LogP contribution in [-0.2, 0) is 14.8 Å². The van der Waals surface area contributed by atoms with Crippen molar-refractivity contribution >= 4 is 21.8 Å². The second kappa shape index (κ2) is 11.4. The van der Waals surface area contributed by atoms with Gasteiger partial charge in [0.05, 0.1) is 12.0 Å². The predicted octanol–water partition coefficient (Wildman–Crippen LogP) is 2.49. The number of rotatable bonds is 9. The van der Waals surface area contributed by atoms with Crippen LogP contribution in [0.5, 0.6) is 17.2 Å². The Bertz CT molecular complexity index is 1220. The maximum atomic E-state index is 13.4. The van der Waals surface area contributed by atoms with Crippen molar-refractivity contribution in [3.63, 3.8) is 0 Å². The van der Waals surface area contributed by atoms with Crippen molar-refractivity contribution in [2.45, 2.75) is 37.6 Å². The van der Waals surface area contributed by atoms with Gasteiger partial charge >= 0.3 is 0 Å². The number of nitrogens with one attached hydrogen (secondary N) is 1. The van der Waals surface area contributed by atoms with E-state index in [1.807, 2.05) is 13.8 Å². The van der Waals surface area contributed by atoms with E-state index < -0.39 is 22.0 Å². The third kappa shape index (κ3) is 5.67. The van der Waals surface area contributed by atoms with Crippen LogP contribution in [0, 0.1) is 5.92 Å². The van der Waals surface area contributed by atoms with Crippen molar-refractivity contribution in [2.24, 2.45) is 5.92 Å². The van der Waals surface area contributed by atoms with E-state index in [-0.39, 0.29) is 36.6 Å². The highest BCUT2D eigenvalue weighted by molar-refractivity contribution is 7.89. The molecule has 0 radical (unpaired) electrons. The number of sulfonamides is 1. The molecule has 0 saturated carbocycles. The first-order valence-electron chi connectivity index (χ1n) is 12.4. The Hall–Kier alpha value is -3.31. The summed E-state index contributed by atoms with van der Waals surface area (Å²) in [7, 11) is -2.16. The molecule has 0 unspecified atom stereocenters. The normalized spacial score (nSPS) is 16.7. The predicted molar refractivity (Wildman–Crippen MR) is 136 cm³/mol. The van der Waals surface area contributed by atoms with Crippen LogP contribution in [0.2, 0.25) is 0 Å². The van der Waals surface area contributed by atoms with Gasteiger partial charge in [-0.2, -0.15) is 4.31 Å². The number of nitrogens with zero attached hydrogens (tertiary/aromatic N) is 2. The van der Waals surface area contributed by atoms with Gasteiger partial charge < -0.3 is 24.4 Å². The van der Waals surface area contributed by atoms with Gasteiger partial charge in [-0.1, -0.05) is 0 Å². The Balaban J connectivity index is 1.49. The van der Waals surface area contributed by atoms with Gasteiger partial charge in [0.2, 0.25) is 22.7 Å².